The maximum Gasteiger partial charge on any atom is 0.255 e. The van der Waals surface area contributed by atoms with Gasteiger partial charge in [-0.3, -0.25) is 53.7 Å². The fraction of sp³-hybridized carbons (Fsp3) is 0.232. The molecule has 0 bridgehead atoms. The number of halogens is 4. The number of benzene rings is 8. The van der Waals surface area contributed by atoms with E-state index in [9.17, 15) is 57.6 Å². The van der Waals surface area contributed by atoms with Crippen LogP contribution in [0.15, 0.2) is 243 Å². The second-order valence-electron chi connectivity index (χ2n) is 31.0. The van der Waals surface area contributed by atoms with E-state index in [2.05, 4.69) is 56.3 Å². The number of sulfone groups is 4. The van der Waals surface area contributed by atoms with Gasteiger partial charge in [-0.15, -0.1) is 0 Å². The summed E-state index contributed by atoms with van der Waals surface area (Å²) in [5.74, 6) is -1.75. The first-order chi connectivity index (χ1) is 61.9. The minimum Gasteiger partial charge on any atom is -0.492 e. The van der Waals surface area contributed by atoms with E-state index in [0.717, 1.165) is 51.8 Å². The van der Waals surface area contributed by atoms with Crippen molar-refractivity contribution in [3.8, 4) is 56.5 Å². The number of carbonyl (C=O) groups excluding carboxylic acids is 5. The van der Waals surface area contributed by atoms with Gasteiger partial charge in [-0.25, -0.2) is 33.7 Å². The third kappa shape index (κ3) is 30.8. The highest BCUT2D eigenvalue weighted by atomic mass is 35.5. The van der Waals surface area contributed by atoms with Gasteiger partial charge in [-0.1, -0.05) is 101 Å². The molecule has 0 spiro atoms. The van der Waals surface area contributed by atoms with Gasteiger partial charge in [-0.05, 0) is 233 Å². The zero-order valence-corrected chi connectivity index (χ0v) is 77.9. The number of hydrogen-bond donors (Lipinski definition) is 6. The van der Waals surface area contributed by atoms with Gasteiger partial charge >= 0.3 is 0 Å². The van der Waals surface area contributed by atoms with E-state index in [1.165, 1.54) is 75.8 Å². The maximum absolute atomic E-state index is 13.1. The molecule has 2 saturated heterocycles. The quantitative estimate of drug-likeness (QED) is 0.0237. The Morgan fingerprint density at radius 1 is 0.346 bits per heavy atom. The molecular formula is C95H96Cl4N12O15S4. The van der Waals surface area contributed by atoms with E-state index in [-0.39, 0.29) is 63.6 Å². The number of likely N-dealkylation sites (tertiary alicyclic amines) is 2. The smallest absolute Gasteiger partial charge is 0.255 e. The fourth-order valence-corrected chi connectivity index (χ4v) is 18.0. The predicted octanol–water partition coefficient (Wildman–Crippen LogP) is 17.7. The molecule has 27 nitrogen and oxygen atoms in total. The Morgan fingerprint density at radius 2 is 0.631 bits per heavy atom. The van der Waals surface area contributed by atoms with Crippen LogP contribution < -0.4 is 41.8 Å². The van der Waals surface area contributed by atoms with Crippen LogP contribution in [0.2, 0.25) is 20.1 Å². The highest BCUT2D eigenvalue weighted by Crippen LogP contribution is 2.36. The molecule has 2 aliphatic heterocycles. The van der Waals surface area contributed by atoms with Gasteiger partial charge in [0, 0.05) is 160 Å². The number of nitrogens with one attached hydrogen (secondary N) is 5. The summed E-state index contributed by atoms with van der Waals surface area (Å²) >= 11 is 25.2. The molecule has 35 heteroatoms. The van der Waals surface area contributed by atoms with Crippen LogP contribution >= 0.6 is 46.4 Å². The summed E-state index contributed by atoms with van der Waals surface area (Å²) in [6.45, 7) is 7.86. The molecule has 8 aromatic carbocycles. The summed E-state index contributed by atoms with van der Waals surface area (Å²) in [4.78, 5) is 84.9. The number of pyridine rings is 4. The van der Waals surface area contributed by atoms with Crippen LogP contribution in [0.3, 0.4) is 0 Å². The molecule has 0 saturated carbocycles. The molecule has 0 unspecified atom stereocenters. The monoisotopic (exact) mass is 1910 g/mol. The standard InChI is InChI=1S/C27H30ClN3O4S.C26H28ClN3O4S.C22H20ClN3O4S.C20H18ClN3O3S/c1-36(33,34)19-21-9-8-20(17-26(21)35-16-15-31-13-5-2-6-14-31)27(32)30-22-10-11-24(28)23(18-22)25-7-3-4-12-29-25;1-35(32,33)18-20-8-7-19(16-25(20)34-15-14-30-12-4-5-13-30)26(31)29-21-9-10-23(27)22(17-21)24-6-2-3-11-28-24;1-14(27)25-21-11-15(6-7-16(21)13-31(2,29)30)22(28)26-17-8-9-19(23)18(12-17)20-5-3-4-10-24-20;1-28(26,27)12-14-6-5-13(10-18(14)22)20(25)24-15-7-8-17(21)16(11-15)19-4-2-3-9-23-19/h3-4,7-12,17-18H,2,5-6,13-16,19H2,1H3,(H,30,32);2-3,6-11,16-17H,4-5,12-15,18H2,1H3,(H,29,31);3-12H,13H2,1-2H3,(H,25,27)(H,26,28);2-11H,12,22H2,1H3,(H,24,25). The van der Waals surface area contributed by atoms with Crippen molar-refractivity contribution < 1.29 is 67.1 Å². The van der Waals surface area contributed by atoms with Gasteiger partial charge in [0.1, 0.15) is 24.7 Å². The number of anilines is 6. The average Bonchev–Trinajstić information content (AvgIpc) is 0.896. The van der Waals surface area contributed by atoms with Crippen LogP contribution in [-0.2, 0) is 67.2 Å². The van der Waals surface area contributed by atoms with Gasteiger partial charge < -0.3 is 41.8 Å². The van der Waals surface area contributed by atoms with E-state index >= 15 is 0 Å². The number of nitrogen functional groups attached to an aromatic ring is 1. The fourth-order valence-electron chi connectivity index (χ4n) is 13.9. The number of piperidine rings is 1. The van der Waals surface area contributed by atoms with Crippen LogP contribution in [0.25, 0.3) is 45.0 Å². The van der Waals surface area contributed by atoms with Crippen molar-refractivity contribution >= 4 is 149 Å². The summed E-state index contributed by atoms with van der Waals surface area (Å²) in [5.41, 5.74) is 17.4. The Morgan fingerprint density at radius 3 is 0.931 bits per heavy atom. The Balaban J connectivity index is 0.000000168. The van der Waals surface area contributed by atoms with E-state index in [1.54, 1.807) is 158 Å². The topological polar surface area (TPSA) is 385 Å². The average molecular weight is 1920 g/mol. The van der Waals surface area contributed by atoms with Crippen molar-refractivity contribution in [2.24, 2.45) is 0 Å². The maximum atomic E-state index is 13.1. The van der Waals surface area contributed by atoms with Crippen molar-refractivity contribution in [3.63, 3.8) is 0 Å². The minimum absolute atomic E-state index is 0.154. The van der Waals surface area contributed by atoms with E-state index in [0.29, 0.717) is 152 Å². The number of ether oxygens (including phenoxy) is 2. The molecule has 4 aromatic heterocycles. The molecule has 6 heterocycles. The van der Waals surface area contributed by atoms with Crippen LogP contribution in [0.1, 0.15) is 103 Å². The normalized spacial score (nSPS) is 12.8. The van der Waals surface area contributed by atoms with Gasteiger partial charge in [0.2, 0.25) is 5.91 Å². The van der Waals surface area contributed by atoms with Crippen molar-refractivity contribution in [3.05, 3.63) is 308 Å². The number of rotatable bonds is 29. The van der Waals surface area contributed by atoms with Gasteiger partial charge in [-0.2, -0.15) is 0 Å². The molecule has 14 rings (SSSR count). The van der Waals surface area contributed by atoms with Crippen LogP contribution in [0, 0.1) is 0 Å². The van der Waals surface area contributed by atoms with Gasteiger partial charge in [0.05, 0.1) is 65.9 Å². The summed E-state index contributed by atoms with van der Waals surface area (Å²) in [6.07, 6.45) is 17.3. The van der Waals surface area contributed by atoms with Crippen molar-refractivity contribution in [1.29, 1.82) is 0 Å². The van der Waals surface area contributed by atoms with Gasteiger partial charge in [0.15, 0.2) is 39.3 Å². The molecule has 2 fully saturated rings. The zero-order valence-electron chi connectivity index (χ0n) is 71.6. The third-order valence-corrected chi connectivity index (χ3v) is 24.7. The molecule has 0 atom stereocenters. The SMILES string of the molecule is CC(=O)Nc1cc(C(=O)Nc2ccc(Cl)c(-c3ccccn3)c2)ccc1CS(C)(=O)=O.CS(=O)(=O)Cc1ccc(C(=O)Nc2ccc(Cl)c(-c3ccccn3)c2)cc1N.CS(=O)(=O)Cc1ccc(C(=O)Nc2ccc(Cl)c(-c3ccccn3)c2)cc1OCCN1CCCC1.CS(=O)(=O)Cc1ccc(C(=O)Nc2ccc(Cl)c(-c3ccccn3)c2)cc1OCCN1CCCCC1. The molecule has 5 amide bonds. The molecule has 0 aliphatic carbocycles. The number of nitrogens with two attached hydrogens (primary N) is 1. The first kappa shape index (κ1) is 98.6. The summed E-state index contributed by atoms with van der Waals surface area (Å²) in [5, 5.41) is 16.0. The zero-order chi connectivity index (χ0) is 93.3. The van der Waals surface area contributed by atoms with Crippen LogP contribution in [0.4, 0.5) is 34.1 Å². The Bertz CT molecular complexity index is 6550. The molecule has 678 valence electrons. The Kier molecular flexibility index (Phi) is 34.9. The van der Waals surface area contributed by atoms with Gasteiger partial charge in [0.25, 0.3) is 23.6 Å². The van der Waals surface area contributed by atoms with E-state index in [4.69, 9.17) is 61.6 Å². The van der Waals surface area contributed by atoms with Crippen molar-refractivity contribution in [2.45, 2.75) is 62.0 Å². The number of nitrogens with zero attached hydrogens (tertiary/aromatic N) is 6. The molecule has 12 aromatic rings. The second-order valence-corrected chi connectivity index (χ2v) is 41.2. The molecule has 0 radical (unpaired) electrons. The van der Waals surface area contributed by atoms with Crippen molar-refractivity contribution in [1.82, 2.24) is 29.7 Å². The lowest BCUT2D eigenvalue weighted by molar-refractivity contribution is -0.114. The number of aromatic nitrogens is 4. The van der Waals surface area contributed by atoms with E-state index < -0.39 is 45.3 Å². The first-order valence-corrected chi connectivity index (χ1v) is 50.7. The van der Waals surface area contributed by atoms with Crippen molar-refractivity contribution in [2.75, 3.05) is 110 Å². The van der Waals surface area contributed by atoms with Crippen LogP contribution in [0.5, 0.6) is 11.5 Å². The Hall–Kier alpha value is -12.0. The predicted molar refractivity (Wildman–Crippen MR) is 516 cm³/mol. The largest absolute Gasteiger partial charge is 0.492 e. The first-order valence-electron chi connectivity index (χ1n) is 41.0. The summed E-state index contributed by atoms with van der Waals surface area (Å²) in [6, 6.07) is 61.3. The molecule has 7 N–H and O–H groups in total. The number of hydrogen-bond acceptors (Lipinski definition) is 22. The second kappa shape index (κ2) is 46.0. The summed E-state index contributed by atoms with van der Waals surface area (Å²) < 4.78 is 106. The minimum atomic E-state index is -3.32. The number of carbonyl (C=O) groups is 5. The Labute approximate surface area is 776 Å². The molecular weight excluding hydrogens is 1820 g/mol. The summed E-state index contributed by atoms with van der Waals surface area (Å²) in [7, 11) is -13.1. The number of amides is 5. The lowest BCUT2D eigenvalue weighted by atomic mass is 10.1. The van der Waals surface area contributed by atoms with E-state index in [1.807, 2.05) is 60.7 Å². The molecule has 2 aliphatic rings. The highest BCUT2D eigenvalue weighted by Gasteiger charge is 2.23. The lowest BCUT2D eigenvalue weighted by Gasteiger charge is -2.26. The third-order valence-electron chi connectivity index (χ3n) is 20.1. The van der Waals surface area contributed by atoms with Crippen LogP contribution in [-0.4, -0.2) is 170 Å². The molecule has 130 heavy (non-hydrogen) atoms. The highest BCUT2D eigenvalue weighted by molar-refractivity contribution is 7.90. The lowest BCUT2D eigenvalue weighted by Crippen LogP contribution is -2.33.